The molecule has 1 N–H and O–H groups in total. The Hall–Kier alpha value is -3.33. The largest absolute Gasteiger partial charge is 0.496 e. The van der Waals surface area contributed by atoms with Gasteiger partial charge in [0.05, 0.1) is 30.4 Å². The summed E-state index contributed by atoms with van der Waals surface area (Å²) in [7, 11) is 1.58. The van der Waals surface area contributed by atoms with Crippen molar-refractivity contribution in [3.8, 4) is 16.3 Å². The zero-order chi connectivity index (χ0) is 21.5. The molecule has 1 heterocycles. The number of nitrogens with one attached hydrogen (secondary N) is 1. The molecule has 3 rings (SSSR count). The predicted molar refractivity (Wildman–Crippen MR) is 107 cm³/mol. The summed E-state index contributed by atoms with van der Waals surface area (Å²) in [5.74, 6) is -2.32. The van der Waals surface area contributed by atoms with E-state index in [1.807, 2.05) is 24.3 Å². The monoisotopic (exact) mass is 432 g/mol. The minimum absolute atomic E-state index is 0.00891. The van der Waals surface area contributed by atoms with Crippen LogP contribution >= 0.6 is 11.3 Å². The van der Waals surface area contributed by atoms with E-state index < -0.39 is 23.5 Å². The second-order valence-corrected chi connectivity index (χ2v) is 6.99. The lowest BCUT2D eigenvalue weighted by atomic mass is 10.2. The van der Waals surface area contributed by atoms with Gasteiger partial charge < -0.3 is 14.8 Å². The SMILES string of the molecule is COc1ccccc1-c1nc(COC(=O)CCNC(=O)c2ccc(F)cc2F)cs1. The maximum atomic E-state index is 13.6. The third-order valence-corrected chi connectivity index (χ3v) is 4.98. The van der Waals surface area contributed by atoms with Crippen molar-refractivity contribution in [2.24, 2.45) is 0 Å². The molecule has 30 heavy (non-hydrogen) atoms. The van der Waals surface area contributed by atoms with Crippen LogP contribution in [0.1, 0.15) is 22.5 Å². The molecular weight excluding hydrogens is 414 g/mol. The zero-order valence-corrected chi connectivity index (χ0v) is 16.8. The maximum Gasteiger partial charge on any atom is 0.307 e. The molecule has 1 amide bonds. The first-order chi connectivity index (χ1) is 14.5. The molecule has 156 valence electrons. The highest BCUT2D eigenvalue weighted by Crippen LogP contribution is 2.31. The summed E-state index contributed by atoms with van der Waals surface area (Å²) in [6, 6.07) is 10.1. The number of carbonyl (C=O) groups excluding carboxylic acids is 2. The highest BCUT2D eigenvalue weighted by atomic mass is 32.1. The van der Waals surface area contributed by atoms with Crippen LogP contribution in [0.15, 0.2) is 47.8 Å². The molecule has 3 aromatic rings. The quantitative estimate of drug-likeness (QED) is 0.545. The Morgan fingerprint density at radius 3 is 2.73 bits per heavy atom. The molecule has 0 atom stereocenters. The van der Waals surface area contributed by atoms with Crippen LogP contribution in [0.3, 0.4) is 0 Å². The number of rotatable bonds is 8. The van der Waals surface area contributed by atoms with Gasteiger partial charge in [0.2, 0.25) is 0 Å². The van der Waals surface area contributed by atoms with E-state index in [-0.39, 0.29) is 25.1 Å². The van der Waals surface area contributed by atoms with E-state index in [1.165, 1.54) is 11.3 Å². The van der Waals surface area contributed by atoms with Crippen LogP contribution in [0.2, 0.25) is 0 Å². The minimum atomic E-state index is -0.968. The molecule has 0 aliphatic heterocycles. The summed E-state index contributed by atoms with van der Waals surface area (Å²) in [5, 5.41) is 4.93. The van der Waals surface area contributed by atoms with Gasteiger partial charge >= 0.3 is 5.97 Å². The molecule has 1 aromatic heterocycles. The highest BCUT2D eigenvalue weighted by molar-refractivity contribution is 7.13. The van der Waals surface area contributed by atoms with E-state index in [1.54, 1.807) is 12.5 Å². The standard InChI is InChI=1S/C21H18F2N2O4S/c1-28-18-5-3-2-4-16(18)21-25-14(12-30-21)11-29-19(26)8-9-24-20(27)15-7-6-13(22)10-17(15)23/h2-7,10,12H,8-9,11H2,1H3,(H,24,27). The van der Waals surface area contributed by atoms with Crippen molar-refractivity contribution in [3.63, 3.8) is 0 Å². The van der Waals surface area contributed by atoms with Crippen molar-refractivity contribution in [2.75, 3.05) is 13.7 Å². The van der Waals surface area contributed by atoms with E-state index in [0.29, 0.717) is 17.5 Å². The van der Waals surface area contributed by atoms with Gasteiger partial charge in [-0.25, -0.2) is 13.8 Å². The van der Waals surface area contributed by atoms with Crippen molar-refractivity contribution in [1.82, 2.24) is 10.3 Å². The smallest absolute Gasteiger partial charge is 0.307 e. The van der Waals surface area contributed by atoms with E-state index in [4.69, 9.17) is 9.47 Å². The van der Waals surface area contributed by atoms with Crippen LogP contribution in [-0.2, 0) is 16.1 Å². The number of benzene rings is 2. The van der Waals surface area contributed by atoms with Crippen LogP contribution in [0.25, 0.3) is 10.6 Å². The number of aromatic nitrogens is 1. The first kappa shape index (κ1) is 21.4. The van der Waals surface area contributed by atoms with Gasteiger partial charge in [-0.1, -0.05) is 12.1 Å². The molecule has 0 bridgehead atoms. The average molecular weight is 432 g/mol. The van der Waals surface area contributed by atoms with Crippen molar-refractivity contribution < 1.29 is 27.8 Å². The Morgan fingerprint density at radius 1 is 1.17 bits per heavy atom. The number of halogens is 2. The number of methoxy groups -OCH3 is 1. The number of nitrogens with zero attached hydrogens (tertiary/aromatic N) is 1. The molecule has 2 aromatic carbocycles. The lowest BCUT2D eigenvalue weighted by molar-refractivity contribution is -0.144. The number of thiazole rings is 1. The molecule has 0 saturated carbocycles. The summed E-state index contributed by atoms with van der Waals surface area (Å²) >= 11 is 1.40. The van der Waals surface area contributed by atoms with Crippen molar-refractivity contribution in [1.29, 1.82) is 0 Å². The number of carbonyl (C=O) groups is 2. The van der Waals surface area contributed by atoms with Crippen LogP contribution in [0.5, 0.6) is 5.75 Å². The fourth-order valence-electron chi connectivity index (χ4n) is 2.59. The lowest BCUT2D eigenvalue weighted by Crippen LogP contribution is -2.27. The number of amides is 1. The molecular formula is C21H18F2N2O4S. The van der Waals surface area contributed by atoms with Crippen LogP contribution < -0.4 is 10.1 Å². The van der Waals surface area contributed by atoms with Gasteiger partial charge in [-0.15, -0.1) is 11.3 Å². The average Bonchev–Trinajstić information content (AvgIpc) is 3.21. The fourth-order valence-corrected chi connectivity index (χ4v) is 3.43. The predicted octanol–water partition coefficient (Wildman–Crippen LogP) is 3.96. The molecule has 0 unspecified atom stereocenters. The van der Waals surface area contributed by atoms with Crippen LogP contribution in [0.4, 0.5) is 8.78 Å². The molecule has 0 fully saturated rings. The van der Waals surface area contributed by atoms with Gasteiger partial charge in [0.25, 0.3) is 5.91 Å². The summed E-state index contributed by atoms with van der Waals surface area (Å²) in [6.45, 7) is -0.0525. The topological polar surface area (TPSA) is 77.5 Å². The maximum absolute atomic E-state index is 13.6. The van der Waals surface area contributed by atoms with E-state index >= 15 is 0 Å². The lowest BCUT2D eigenvalue weighted by Gasteiger charge is -2.07. The van der Waals surface area contributed by atoms with E-state index in [9.17, 15) is 18.4 Å². The Balaban J connectivity index is 1.46. The zero-order valence-electron chi connectivity index (χ0n) is 16.0. The minimum Gasteiger partial charge on any atom is -0.496 e. The van der Waals surface area contributed by atoms with Gasteiger partial charge in [-0.05, 0) is 24.3 Å². The van der Waals surface area contributed by atoms with E-state index in [2.05, 4.69) is 10.3 Å². The van der Waals surface area contributed by atoms with Crippen molar-refractivity contribution in [3.05, 3.63) is 70.7 Å². The Morgan fingerprint density at radius 2 is 1.97 bits per heavy atom. The summed E-state index contributed by atoms with van der Waals surface area (Å²) in [5.41, 5.74) is 1.14. The first-order valence-electron chi connectivity index (χ1n) is 8.94. The first-order valence-corrected chi connectivity index (χ1v) is 9.82. The second kappa shape index (κ2) is 9.93. The summed E-state index contributed by atoms with van der Waals surface area (Å²) in [6.07, 6.45) is -0.0992. The molecule has 0 aliphatic carbocycles. The Kier molecular flexibility index (Phi) is 7.08. The van der Waals surface area contributed by atoms with E-state index in [0.717, 1.165) is 22.7 Å². The third kappa shape index (κ3) is 5.38. The Labute approximate surface area is 175 Å². The van der Waals surface area contributed by atoms with Crippen LogP contribution in [-0.4, -0.2) is 30.5 Å². The van der Waals surface area contributed by atoms with Gasteiger partial charge in [0, 0.05) is 18.0 Å². The highest BCUT2D eigenvalue weighted by Gasteiger charge is 2.14. The summed E-state index contributed by atoms with van der Waals surface area (Å²) < 4.78 is 36.9. The van der Waals surface area contributed by atoms with Gasteiger partial charge in [0.1, 0.15) is 29.0 Å². The molecule has 0 spiro atoms. The summed E-state index contributed by atoms with van der Waals surface area (Å²) in [4.78, 5) is 28.2. The number of hydrogen-bond acceptors (Lipinski definition) is 6. The third-order valence-electron chi connectivity index (χ3n) is 4.06. The van der Waals surface area contributed by atoms with Gasteiger partial charge in [0.15, 0.2) is 0 Å². The molecule has 0 aliphatic rings. The van der Waals surface area contributed by atoms with Crippen molar-refractivity contribution in [2.45, 2.75) is 13.0 Å². The number of ether oxygens (including phenoxy) is 2. The Bertz CT molecular complexity index is 1050. The van der Waals surface area contributed by atoms with Gasteiger partial charge in [-0.2, -0.15) is 0 Å². The fraction of sp³-hybridized carbons (Fsp3) is 0.190. The molecule has 6 nitrogen and oxygen atoms in total. The number of hydrogen-bond donors (Lipinski definition) is 1. The number of esters is 1. The molecule has 0 saturated heterocycles. The normalized spacial score (nSPS) is 10.5. The second-order valence-electron chi connectivity index (χ2n) is 6.14. The van der Waals surface area contributed by atoms with Crippen molar-refractivity contribution >= 4 is 23.2 Å². The number of para-hydroxylation sites is 1. The molecule has 0 radical (unpaired) electrons. The van der Waals surface area contributed by atoms with Crippen LogP contribution in [0, 0.1) is 11.6 Å². The molecule has 9 heteroatoms. The van der Waals surface area contributed by atoms with Gasteiger partial charge in [-0.3, -0.25) is 9.59 Å².